The van der Waals surface area contributed by atoms with Crippen molar-refractivity contribution < 1.29 is 22.4 Å². The lowest BCUT2D eigenvalue weighted by Crippen LogP contribution is -2.46. The van der Waals surface area contributed by atoms with Crippen LogP contribution in [0.2, 0.25) is 0 Å². The van der Waals surface area contributed by atoms with Crippen LogP contribution in [-0.2, 0) is 0 Å². The van der Waals surface area contributed by atoms with Crippen molar-refractivity contribution in [3.8, 4) is 17.5 Å². The zero-order chi connectivity index (χ0) is 20.1. The number of aryl methyl sites for hydroxylation is 1. The molecule has 0 aliphatic heterocycles. The largest absolute Gasteiger partial charge is 0.444 e. The Morgan fingerprint density at radius 1 is 1.43 bits per heavy atom. The van der Waals surface area contributed by atoms with Gasteiger partial charge in [0.2, 0.25) is 5.76 Å². The van der Waals surface area contributed by atoms with Crippen LogP contribution < -0.4 is 5.32 Å². The second-order valence-electron chi connectivity index (χ2n) is 6.68. The van der Waals surface area contributed by atoms with Crippen molar-refractivity contribution in [3.63, 3.8) is 0 Å². The highest BCUT2D eigenvalue weighted by atomic mass is 19.4. The molecule has 4 rings (SSSR count). The van der Waals surface area contributed by atoms with Gasteiger partial charge in [-0.1, -0.05) is 0 Å². The third-order valence-corrected chi connectivity index (χ3v) is 4.60. The van der Waals surface area contributed by atoms with E-state index in [1.54, 1.807) is 19.1 Å². The van der Waals surface area contributed by atoms with Gasteiger partial charge in [-0.05, 0) is 43.9 Å². The highest BCUT2D eigenvalue weighted by molar-refractivity contribution is 6.00. The first-order valence-electron chi connectivity index (χ1n) is 8.51. The number of carbonyl (C=O) groups excluding carboxylic acids is 1. The molecule has 0 saturated heterocycles. The average molecular weight is 389 g/mol. The third-order valence-electron chi connectivity index (χ3n) is 4.60. The fourth-order valence-electron chi connectivity index (χ4n) is 3.05. The number of nitrogens with zero attached hydrogens (tertiary/aromatic N) is 4. The summed E-state index contributed by atoms with van der Waals surface area (Å²) in [5.41, 5.74) is 0.991. The SMILES string of the molecule is Cc1cc(-c2ccc(C#N)o2)nc2c(C(=O)NC(C3CC3)C(F)(F)F)cnn12. The topological polar surface area (TPSA) is 96.2 Å². The number of hydrogen-bond donors (Lipinski definition) is 1. The average Bonchev–Trinajstić information content (AvgIpc) is 3.18. The van der Waals surface area contributed by atoms with E-state index in [2.05, 4.69) is 15.4 Å². The van der Waals surface area contributed by atoms with E-state index in [4.69, 9.17) is 9.68 Å². The zero-order valence-corrected chi connectivity index (χ0v) is 14.6. The molecule has 144 valence electrons. The molecule has 0 radical (unpaired) electrons. The van der Waals surface area contributed by atoms with Gasteiger partial charge in [-0.3, -0.25) is 4.79 Å². The number of furan rings is 1. The number of hydrogen-bond acceptors (Lipinski definition) is 5. The maximum absolute atomic E-state index is 13.2. The van der Waals surface area contributed by atoms with Crippen LogP contribution in [0.5, 0.6) is 0 Å². The van der Waals surface area contributed by atoms with Gasteiger partial charge in [-0.25, -0.2) is 9.50 Å². The molecule has 1 aliphatic carbocycles. The quantitative estimate of drug-likeness (QED) is 0.739. The first kappa shape index (κ1) is 18.0. The molecule has 0 bridgehead atoms. The molecule has 3 aromatic heterocycles. The Morgan fingerprint density at radius 3 is 2.79 bits per heavy atom. The molecule has 28 heavy (non-hydrogen) atoms. The predicted molar refractivity (Wildman–Crippen MR) is 90.2 cm³/mol. The molecule has 1 atom stereocenters. The van der Waals surface area contributed by atoms with Crippen molar-refractivity contribution in [1.29, 1.82) is 5.26 Å². The van der Waals surface area contributed by atoms with Crippen LogP contribution in [0.1, 0.15) is 34.7 Å². The number of alkyl halides is 3. The van der Waals surface area contributed by atoms with Gasteiger partial charge in [-0.15, -0.1) is 0 Å². The van der Waals surface area contributed by atoms with Gasteiger partial charge in [0.05, 0.1) is 6.20 Å². The number of halogens is 3. The molecular weight excluding hydrogens is 375 g/mol. The van der Waals surface area contributed by atoms with Gasteiger partial charge < -0.3 is 9.73 Å². The zero-order valence-electron chi connectivity index (χ0n) is 14.6. The number of carbonyl (C=O) groups is 1. The van der Waals surface area contributed by atoms with E-state index < -0.39 is 24.0 Å². The molecule has 1 aliphatic rings. The Bertz CT molecular complexity index is 1100. The Hall–Kier alpha value is -3.35. The summed E-state index contributed by atoms with van der Waals surface area (Å²) in [6.45, 7) is 1.71. The molecule has 0 spiro atoms. The second kappa shape index (κ2) is 6.37. The van der Waals surface area contributed by atoms with Crippen molar-refractivity contribution in [2.45, 2.75) is 32.0 Å². The Balaban J connectivity index is 1.71. The minimum atomic E-state index is -4.52. The van der Waals surface area contributed by atoms with E-state index in [0.717, 1.165) is 0 Å². The molecule has 7 nitrogen and oxygen atoms in total. The normalized spacial score (nSPS) is 15.4. The number of fused-ring (bicyclic) bond motifs is 1. The van der Waals surface area contributed by atoms with E-state index in [0.29, 0.717) is 30.0 Å². The predicted octanol–water partition coefficient (Wildman–Crippen LogP) is 3.24. The standard InChI is InChI=1S/C18H14F3N5O2/c1-9-6-13(14-5-4-11(7-22)28-14)24-16-12(8-23-26(9)16)17(27)25-15(10-2-3-10)18(19,20)21/h4-6,8,10,15H,2-3H2,1H3,(H,25,27). The number of nitriles is 1. The maximum Gasteiger partial charge on any atom is 0.408 e. The second-order valence-corrected chi connectivity index (χ2v) is 6.68. The van der Waals surface area contributed by atoms with Gasteiger partial charge in [0.25, 0.3) is 5.91 Å². The van der Waals surface area contributed by atoms with Gasteiger partial charge in [0.1, 0.15) is 23.4 Å². The van der Waals surface area contributed by atoms with Crippen molar-refractivity contribution in [3.05, 3.63) is 41.4 Å². The lowest BCUT2D eigenvalue weighted by atomic mass is 10.1. The summed E-state index contributed by atoms with van der Waals surface area (Å²) in [5.74, 6) is -1.08. The van der Waals surface area contributed by atoms with Crippen LogP contribution in [0.15, 0.2) is 28.8 Å². The van der Waals surface area contributed by atoms with Crippen LogP contribution in [0.3, 0.4) is 0 Å². The van der Waals surface area contributed by atoms with Crippen molar-refractivity contribution in [2.75, 3.05) is 0 Å². The van der Waals surface area contributed by atoms with Crippen LogP contribution in [0.25, 0.3) is 17.1 Å². The van der Waals surface area contributed by atoms with Crippen molar-refractivity contribution in [2.24, 2.45) is 5.92 Å². The molecule has 1 fully saturated rings. The fourth-order valence-corrected chi connectivity index (χ4v) is 3.05. The first-order chi connectivity index (χ1) is 13.3. The number of nitrogens with one attached hydrogen (secondary N) is 1. The minimum absolute atomic E-state index is 0.0630. The van der Waals surface area contributed by atoms with E-state index in [9.17, 15) is 18.0 Å². The third kappa shape index (κ3) is 3.19. The van der Waals surface area contributed by atoms with Crippen LogP contribution >= 0.6 is 0 Å². The molecule has 3 aromatic rings. The Labute approximate surface area is 156 Å². The molecule has 0 aromatic carbocycles. The van der Waals surface area contributed by atoms with Crippen molar-refractivity contribution in [1.82, 2.24) is 19.9 Å². The first-order valence-corrected chi connectivity index (χ1v) is 8.51. The number of amides is 1. The molecule has 1 N–H and O–H groups in total. The van der Waals surface area contributed by atoms with Crippen LogP contribution in [0, 0.1) is 24.2 Å². The summed E-state index contributed by atoms with van der Waals surface area (Å²) in [5, 5.41) is 15.0. The molecule has 1 amide bonds. The van der Waals surface area contributed by atoms with Crippen molar-refractivity contribution >= 4 is 11.6 Å². The lowest BCUT2D eigenvalue weighted by molar-refractivity contribution is -0.158. The lowest BCUT2D eigenvalue weighted by Gasteiger charge is -2.20. The molecule has 10 heteroatoms. The van der Waals surface area contributed by atoms with Gasteiger partial charge in [0.15, 0.2) is 11.4 Å². The van der Waals surface area contributed by atoms with Crippen LogP contribution in [-0.4, -0.2) is 32.7 Å². The highest BCUT2D eigenvalue weighted by Gasteiger charge is 2.49. The summed E-state index contributed by atoms with van der Waals surface area (Å²) in [7, 11) is 0. The maximum atomic E-state index is 13.2. The summed E-state index contributed by atoms with van der Waals surface area (Å²) >= 11 is 0. The monoisotopic (exact) mass is 389 g/mol. The van der Waals surface area contributed by atoms with Crippen LogP contribution in [0.4, 0.5) is 13.2 Å². The molecule has 3 heterocycles. The summed E-state index contributed by atoms with van der Waals surface area (Å²) < 4.78 is 46.4. The van der Waals surface area contributed by atoms with Gasteiger partial charge in [0, 0.05) is 5.69 Å². The summed E-state index contributed by atoms with van der Waals surface area (Å²) in [6, 6.07) is 4.65. The number of aromatic nitrogens is 3. The smallest absolute Gasteiger partial charge is 0.408 e. The number of rotatable bonds is 4. The molecule has 1 saturated carbocycles. The molecular formula is C18H14F3N5O2. The Morgan fingerprint density at radius 2 is 2.18 bits per heavy atom. The van der Waals surface area contributed by atoms with Gasteiger partial charge >= 0.3 is 6.18 Å². The van der Waals surface area contributed by atoms with E-state index in [-0.39, 0.29) is 17.0 Å². The summed E-state index contributed by atoms with van der Waals surface area (Å²) in [6.07, 6.45) is -2.46. The van der Waals surface area contributed by atoms with E-state index in [1.807, 2.05) is 6.07 Å². The van der Waals surface area contributed by atoms with Gasteiger partial charge in [-0.2, -0.15) is 23.5 Å². The highest BCUT2D eigenvalue weighted by Crippen LogP contribution is 2.40. The Kier molecular flexibility index (Phi) is 4.10. The molecule has 1 unspecified atom stereocenters. The summed E-state index contributed by atoms with van der Waals surface area (Å²) in [4.78, 5) is 16.9. The minimum Gasteiger partial charge on any atom is -0.444 e. The van der Waals surface area contributed by atoms with E-state index in [1.165, 1.54) is 16.8 Å². The van der Waals surface area contributed by atoms with E-state index >= 15 is 0 Å². The fraction of sp³-hybridized carbons (Fsp3) is 0.333.